The van der Waals surface area contributed by atoms with E-state index in [0.29, 0.717) is 0 Å². The Hall–Kier alpha value is -3.46. The third-order valence-corrected chi connectivity index (χ3v) is 4.60. The molecule has 0 aromatic heterocycles. The van der Waals surface area contributed by atoms with Crippen molar-refractivity contribution in [1.82, 2.24) is 0 Å². The number of ether oxygens (including phenoxy) is 3. The van der Waals surface area contributed by atoms with Crippen LogP contribution in [0.4, 0.5) is 114 Å². The summed E-state index contributed by atoms with van der Waals surface area (Å²) in [7, 11) is 0. The molecule has 1 aromatic carbocycles. The molecule has 1 aromatic rings. The van der Waals surface area contributed by atoms with Crippen LogP contribution in [0.1, 0.15) is 0 Å². The average molecular weight is 746 g/mol. The normalized spacial score (nSPS) is 15.5. The van der Waals surface area contributed by atoms with Gasteiger partial charge in [-0.15, -0.1) is 26.3 Å². The number of hydrogen-bond acceptors (Lipinski definition) is 3. The molecule has 0 saturated heterocycles. The number of allylic oxidation sites excluding steroid dienone is 1. The molecule has 0 radical (unpaired) electrons. The van der Waals surface area contributed by atoms with Crippen LogP contribution in [0.3, 0.4) is 0 Å². The lowest BCUT2D eigenvalue weighted by Crippen LogP contribution is -2.72. The molecule has 0 fully saturated rings. The molecule has 0 aliphatic carbocycles. The van der Waals surface area contributed by atoms with E-state index in [1.807, 2.05) is 0 Å². The molecular formula is C17F26O3. The maximum absolute atomic E-state index is 14.1. The van der Waals surface area contributed by atoms with Gasteiger partial charge in [-0.2, -0.15) is 87.8 Å². The lowest BCUT2D eigenvalue weighted by atomic mass is 9.91. The van der Waals surface area contributed by atoms with Gasteiger partial charge >= 0.3 is 60.4 Å². The van der Waals surface area contributed by atoms with Crippen LogP contribution >= 0.6 is 0 Å². The summed E-state index contributed by atoms with van der Waals surface area (Å²) in [6.07, 6.45) is -21.0. The third kappa shape index (κ3) is 6.53. The van der Waals surface area contributed by atoms with Crippen molar-refractivity contribution >= 4 is 0 Å². The van der Waals surface area contributed by atoms with Crippen molar-refractivity contribution in [3.8, 4) is 17.2 Å². The minimum absolute atomic E-state index is 2.40. The molecule has 0 aliphatic rings. The van der Waals surface area contributed by atoms with Crippen LogP contribution < -0.4 is 14.2 Å². The standard InChI is InChI=1S/C17F26O3/c18-1-4(2(19)6(46-17(41,42)43)3(20)5(1)45-16(38,39)40)44-8(22)7(21)9(23,24)10(25,26)11(27,28)12(29,30)13(31,32)14(33,34)15(35,36)37. The van der Waals surface area contributed by atoms with E-state index in [9.17, 15) is 114 Å². The van der Waals surface area contributed by atoms with Gasteiger partial charge in [-0.1, -0.05) is 0 Å². The molecule has 0 heterocycles. The van der Waals surface area contributed by atoms with Gasteiger partial charge in [0.2, 0.25) is 40.5 Å². The lowest BCUT2D eigenvalue weighted by Gasteiger charge is -2.41. The summed E-state index contributed by atoms with van der Waals surface area (Å²) < 4.78 is 348. The molecule has 29 heteroatoms. The first-order valence-corrected chi connectivity index (χ1v) is 9.64. The van der Waals surface area contributed by atoms with Crippen LogP contribution in [0.5, 0.6) is 17.2 Å². The van der Waals surface area contributed by atoms with Gasteiger partial charge in [0.15, 0.2) is 0 Å². The number of hydrogen-bond donors (Lipinski definition) is 0. The number of alkyl halides is 21. The predicted octanol–water partition coefficient (Wildman–Crippen LogP) is 9.76. The SMILES string of the molecule is FC(Oc1c(F)c(OC(F)(F)F)c(F)c(OC(F)(F)F)c1F)=C(F)C(F)(F)C(F)(F)C(F)(F)C(F)(F)C(F)(F)C(F)(F)C(F)(F)F. The Morgan fingerprint density at radius 2 is 0.674 bits per heavy atom. The van der Waals surface area contributed by atoms with E-state index in [-0.39, 0.29) is 0 Å². The molecule has 0 amide bonds. The Labute approximate surface area is 230 Å². The maximum Gasteiger partial charge on any atom is 0.573 e. The largest absolute Gasteiger partial charge is 0.573 e. The lowest BCUT2D eigenvalue weighted by molar-refractivity contribution is -0.451. The summed E-state index contributed by atoms with van der Waals surface area (Å²) in [4.78, 5) is 0. The van der Waals surface area contributed by atoms with Crippen molar-refractivity contribution in [2.24, 2.45) is 0 Å². The molecule has 0 N–H and O–H groups in total. The summed E-state index contributed by atoms with van der Waals surface area (Å²) in [6.45, 7) is 0. The first-order valence-electron chi connectivity index (χ1n) is 9.64. The van der Waals surface area contributed by atoms with E-state index >= 15 is 0 Å². The Balaban J connectivity index is 3.94. The van der Waals surface area contributed by atoms with Gasteiger partial charge in [0.25, 0.3) is 0 Å². The zero-order chi connectivity index (χ0) is 37.2. The van der Waals surface area contributed by atoms with E-state index in [0.717, 1.165) is 0 Å². The van der Waals surface area contributed by atoms with Crippen LogP contribution in [-0.4, -0.2) is 54.4 Å². The van der Waals surface area contributed by atoms with Gasteiger partial charge in [0.05, 0.1) is 0 Å². The minimum atomic E-state index is -9.06. The summed E-state index contributed by atoms with van der Waals surface area (Å²) in [5.74, 6) is -79.6. The monoisotopic (exact) mass is 746 g/mol. The first kappa shape index (κ1) is 40.6. The highest BCUT2D eigenvalue weighted by atomic mass is 19.4. The van der Waals surface area contributed by atoms with E-state index in [1.54, 1.807) is 0 Å². The Bertz CT molecular complexity index is 1290. The molecule has 0 bridgehead atoms. The van der Waals surface area contributed by atoms with Crippen molar-refractivity contribution < 1.29 is 128 Å². The Morgan fingerprint density at radius 1 is 0.391 bits per heavy atom. The van der Waals surface area contributed by atoms with Crippen molar-refractivity contribution in [3.05, 3.63) is 29.3 Å². The van der Waals surface area contributed by atoms with Crippen LogP contribution in [0.25, 0.3) is 0 Å². The molecule has 268 valence electrons. The first-order chi connectivity index (χ1) is 19.8. The molecule has 0 saturated carbocycles. The topological polar surface area (TPSA) is 27.7 Å². The molecule has 0 spiro atoms. The fraction of sp³-hybridized carbons (Fsp3) is 0.529. The Morgan fingerprint density at radius 3 is 0.978 bits per heavy atom. The number of rotatable bonds is 10. The van der Waals surface area contributed by atoms with Crippen LogP contribution in [0.15, 0.2) is 11.8 Å². The minimum Gasteiger partial charge on any atom is -0.423 e. The number of halogens is 26. The van der Waals surface area contributed by atoms with Gasteiger partial charge < -0.3 is 14.2 Å². The van der Waals surface area contributed by atoms with Crippen molar-refractivity contribution in [2.45, 2.75) is 54.4 Å². The van der Waals surface area contributed by atoms with E-state index in [4.69, 9.17) is 0 Å². The van der Waals surface area contributed by atoms with E-state index in [2.05, 4.69) is 14.2 Å². The zero-order valence-corrected chi connectivity index (χ0v) is 19.6. The molecular weight excluding hydrogens is 746 g/mol. The van der Waals surface area contributed by atoms with Gasteiger partial charge in [-0.05, 0) is 0 Å². The smallest absolute Gasteiger partial charge is 0.423 e. The van der Waals surface area contributed by atoms with Crippen molar-refractivity contribution in [3.63, 3.8) is 0 Å². The van der Waals surface area contributed by atoms with E-state index in [1.165, 1.54) is 0 Å². The molecule has 46 heavy (non-hydrogen) atoms. The molecule has 3 nitrogen and oxygen atoms in total. The fourth-order valence-corrected chi connectivity index (χ4v) is 2.46. The second-order valence-corrected chi connectivity index (χ2v) is 7.66. The molecule has 0 aliphatic heterocycles. The van der Waals surface area contributed by atoms with Crippen molar-refractivity contribution in [1.29, 1.82) is 0 Å². The van der Waals surface area contributed by atoms with Crippen LogP contribution in [0, 0.1) is 17.5 Å². The van der Waals surface area contributed by atoms with E-state index < -0.39 is 101 Å². The second kappa shape index (κ2) is 11.4. The maximum atomic E-state index is 14.1. The fourth-order valence-electron chi connectivity index (χ4n) is 2.46. The predicted molar refractivity (Wildman–Crippen MR) is 85.3 cm³/mol. The van der Waals surface area contributed by atoms with Crippen LogP contribution in [0.2, 0.25) is 0 Å². The summed E-state index contributed by atoms with van der Waals surface area (Å²) in [5, 5.41) is 0. The second-order valence-electron chi connectivity index (χ2n) is 7.66. The highest BCUT2D eigenvalue weighted by Crippen LogP contribution is 2.63. The highest BCUT2D eigenvalue weighted by molar-refractivity contribution is 5.48. The van der Waals surface area contributed by atoms with Gasteiger partial charge in [0, 0.05) is 0 Å². The zero-order valence-electron chi connectivity index (χ0n) is 19.6. The Kier molecular flexibility index (Phi) is 10.0. The third-order valence-electron chi connectivity index (χ3n) is 4.60. The molecule has 0 atom stereocenters. The van der Waals surface area contributed by atoms with Crippen molar-refractivity contribution in [2.75, 3.05) is 0 Å². The summed E-state index contributed by atoms with van der Waals surface area (Å²) >= 11 is 0. The van der Waals surface area contributed by atoms with Crippen LogP contribution in [-0.2, 0) is 0 Å². The summed E-state index contributed by atoms with van der Waals surface area (Å²) in [5.41, 5.74) is 0. The average Bonchev–Trinajstić information content (AvgIpc) is 2.84. The quantitative estimate of drug-likeness (QED) is 0.176. The van der Waals surface area contributed by atoms with Gasteiger partial charge in [0.1, 0.15) is 0 Å². The van der Waals surface area contributed by atoms with Gasteiger partial charge in [-0.25, -0.2) is 0 Å². The molecule has 1 rings (SSSR count). The highest BCUT2D eigenvalue weighted by Gasteiger charge is 2.94. The number of benzene rings is 1. The van der Waals surface area contributed by atoms with Gasteiger partial charge in [-0.3, -0.25) is 0 Å². The summed E-state index contributed by atoms with van der Waals surface area (Å²) in [6, 6.07) is -4.73. The molecule has 0 unspecified atom stereocenters.